The second kappa shape index (κ2) is 7.44. The quantitative estimate of drug-likeness (QED) is 0.340. The molecule has 0 radical (unpaired) electrons. The van der Waals surface area contributed by atoms with Crippen molar-refractivity contribution in [2.24, 2.45) is 5.10 Å². The van der Waals surface area contributed by atoms with E-state index in [2.05, 4.69) is 15.5 Å². The standard InChI is InChI=1S/C23H17N5O/c1-3-9-17(10-4-1)22-18(16-28(27-22)19-11-5-2-6-12-19)15-24-26-23-25-20-13-7-8-14-21(20)29-23/h1-16H,(H,25,26)/b24-15+. The average molecular weight is 379 g/mol. The van der Waals surface area contributed by atoms with Crippen molar-refractivity contribution >= 4 is 23.3 Å². The van der Waals surface area contributed by atoms with E-state index in [1.54, 1.807) is 6.21 Å². The lowest BCUT2D eigenvalue weighted by Gasteiger charge is -2.00. The van der Waals surface area contributed by atoms with Crippen molar-refractivity contribution in [2.75, 3.05) is 5.43 Å². The van der Waals surface area contributed by atoms with Crippen LogP contribution in [0.5, 0.6) is 0 Å². The van der Waals surface area contributed by atoms with Crippen molar-refractivity contribution in [1.82, 2.24) is 14.8 Å². The van der Waals surface area contributed by atoms with Crippen LogP contribution in [0, 0.1) is 0 Å². The van der Waals surface area contributed by atoms with Crippen molar-refractivity contribution < 1.29 is 4.42 Å². The lowest BCUT2D eigenvalue weighted by atomic mass is 10.1. The van der Waals surface area contributed by atoms with E-state index in [-0.39, 0.29) is 0 Å². The van der Waals surface area contributed by atoms with Gasteiger partial charge in [0.15, 0.2) is 5.58 Å². The average Bonchev–Trinajstić information content (AvgIpc) is 3.39. The van der Waals surface area contributed by atoms with Crippen molar-refractivity contribution in [3.05, 3.63) is 96.7 Å². The zero-order valence-corrected chi connectivity index (χ0v) is 15.4. The first-order valence-corrected chi connectivity index (χ1v) is 9.22. The molecule has 0 saturated heterocycles. The number of oxazole rings is 1. The number of benzene rings is 3. The first-order valence-electron chi connectivity index (χ1n) is 9.22. The Hall–Kier alpha value is -4.19. The summed E-state index contributed by atoms with van der Waals surface area (Å²) in [6.07, 6.45) is 3.68. The summed E-state index contributed by atoms with van der Waals surface area (Å²) in [4.78, 5) is 4.36. The molecular weight excluding hydrogens is 362 g/mol. The summed E-state index contributed by atoms with van der Waals surface area (Å²) in [6, 6.07) is 28.0. The molecule has 0 amide bonds. The second-order valence-corrected chi connectivity index (χ2v) is 6.44. The van der Waals surface area contributed by atoms with E-state index in [9.17, 15) is 0 Å². The summed E-state index contributed by atoms with van der Waals surface area (Å²) >= 11 is 0. The minimum atomic E-state index is 0.346. The molecule has 1 N–H and O–H groups in total. The molecule has 0 spiro atoms. The highest BCUT2D eigenvalue weighted by atomic mass is 16.4. The lowest BCUT2D eigenvalue weighted by molar-refractivity contribution is 0.617. The maximum absolute atomic E-state index is 5.64. The van der Waals surface area contributed by atoms with E-state index in [1.807, 2.05) is 95.8 Å². The molecule has 6 heteroatoms. The number of rotatable bonds is 5. The van der Waals surface area contributed by atoms with Gasteiger partial charge >= 0.3 is 6.01 Å². The number of fused-ring (bicyclic) bond motifs is 1. The van der Waals surface area contributed by atoms with Crippen LogP contribution in [-0.4, -0.2) is 21.0 Å². The molecule has 5 aromatic rings. The number of hydrogen-bond donors (Lipinski definition) is 1. The first-order chi connectivity index (χ1) is 14.4. The topological polar surface area (TPSA) is 68.2 Å². The fourth-order valence-electron chi connectivity index (χ4n) is 3.09. The normalized spacial score (nSPS) is 11.3. The summed E-state index contributed by atoms with van der Waals surface area (Å²) in [6.45, 7) is 0. The van der Waals surface area contributed by atoms with Crippen molar-refractivity contribution in [1.29, 1.82) is 0 Å². The number of aromatic nitrogens is 3. The van der Waals surface area contributed by atoms with Gasteiger partial charge in [0.25, 0.3) is 0 Å². The first kappa shape index (κ1) is 16.9. The van der Waals surface area contributed by atoms with Crippen LogP contribution in [0.1, 0.15) is 5.56 Å². The van der Waals surface area contributed by atoms with Gasteiger partial charge in [0.05, 0.1) is 11.9 Å². The third kappa shape index (κ3) is 3.51. The van der Waals surface area contributed by atoms with Crippen LogP contribution < -0.4 is 5.43 Å². The molecule has 0 aliphatic heterocycles. The fourth-order valence-corrected chi connectivity index (χ4v) is 3.09. The molecule has 29 heavy (non-hydrogen) atoms. The molecular formula is C23H17N5O. The predicted molar refractivity (Wildman–Crippen MR) is 114 cm³/mol. The van der Waals surface area contributed by atoms with Crippen LogP contribution >= 0.6 is 0 Å². The molecule has 0 aliphatic rings. The number of anilines is 1. The molecule has 0 fully saturated rings. The Balaban J connectivity index is 1.47. The molecule has 0 atom stereocenters. The third-order valence-electron chi connectivity index (χ3n) is 4.47. The minimum Gasteiger partial charge on any atom is -0.422 e. The molecule has 2 aromatic heterocycles. The van der Waals surface area contributed by atoms with Gasteiger partial charge < -0.3 is 4.42 Å². The predicted octanol–water partition coefficient (Wildman–Crippen LogP) is 5.13. The maximum Gasteiger partial charge on any atom is 0.316 e. The Bertz CT molecular complexity index is 1240. The van der Waals surface area contributed by atoms with Crippen LogP contribution in [0.25, 0.3) is 28.0 Å². The Morgan fingerprint density at radius 2 is 1.59 bits per heavy atom. The molecule has 0 bridgehead atoms. The van der Waals surface area contributed by atoms with Crippen LogP contribution in [0.3, 0.4) is 0 Å². The van der Waals surface area contributed by atoms with Crippen molar-refractivity contribution in [3.63, 3.8) is 0 Å². The summed E-state index contributed by atoms with van der Waals surface area (Å²) < 4.78 is 7.49. The summed E-state index contributed by atoms with van der Waals surface area (Å²) in [7, 11) is 0. The van der Waals surface area contributed by atoms with Crippen molar-refractivity contribution in [3.8, 4) is 16.9 Å². The summed E-state index contributed by atoms with van der Waals surface area (Å²) in [5, 5.41) is 9.09. The molecule has 0 aliphatic carbocycles. The van der Waals surface area contributed by atoms with E-state index >= 15 is 0 Å². The summed E-state index contributed by atoms with van der Waals surface area (Å²) in [5.41, 5.74) is 8.09. The lowest BCUT2D eigenvalue weighted by Crippen LogP contribution is -1.93. The maximum atomic E-state index is 5.64. The van der Waals surface area contributed by atoms with Gasteiger partial charge in [0, 0.05) is 17.3 Å². The zero-order valence-electron chi connectivity index (χ0n) is 15.4. The van der Waals surface area contributed by atoms with Gasteiger partial charge in [-0.2, -0.15) is 15.2 Å². The highest BCUT2D eigenvalue weighted by Crippen LogP contribution is 2.23. The number of para-hydroxylation sites is 3. The largest absolute Gasteiger partial charge is 0.422 e. The van der Waals surface area contributed by atoms with Crippen LogP contribution in [0.15, 0.2) is 101 Å². The Morgan fingerprint density at radius 3 is 2.38 bits per heavy atom. The minimum absolute atomic E-state index is 0.346. The van der Waals surface area contributed by atoms with Gasteiger partial charge in [0.2, 0.25) is 0 Å². The van der Waals surface area contributed by atoms with Gasteiger partial charge in [-0.1, -0.05) is 60.7 Å². The fraction of sp³-hybridized carbons (Fsp3) is 0. The van der Waals surface area contributed by atoms with E-state index < -0.39 is 0 Å². The molecule has 6 nitrogen and oxygen atoms in total. The van der Waals surface area contributed by atoms with Crippen LogP contribution in [-0.2, 0) is 0 Å². The van der Waals surface area contributed by atoms with Gasteiger partial charge in [-0.3, -0.25) is 0 Å². The number of hydrazone groups is 1. The second-order valence-electron chi connectivity index (χ2n) is 6.44. The highest BCUT2D eigenvalue weighted by Gasteiger charge is 2.11. The van der Waals surface area contributed by atoms with Gasteiger partial charge in [-0.05, 0) is 24.3 Å². The van der Waals surface area contributed by atoms with Crippen molar-refractivity contribution in [2.45, 2.75) is 0 Å². The number of hydrogen-bond acceptors (Lipinski definition) is 5. The SMILES string of the molecule is C(=N\Nc1nc2ccccc2o1)/c1cn(-c2ccccc2)nc1-c1ccccc1. The molecule has 140 valence electrons. The Kier molecular flexibility index (Phi) is 4.35. The molecule has 3 aromatic carbocycles. The number of nitrogens with one attached hydrogen (secondary N) is 1. The van der Waals surface area contributed by atoms with Gasteiger partial charge in [-0.25, -0.2) is 10.1 Å². The van der Waals surface area contributed by atoms with Gasteiger partial charge in [0.1, 0.15) is 11.2 Å². The van der Waals surface area contributed by atoms with Crippen LogP contribution in [0.2, 0.25) is 0 Å². The smallest absolute Gasteiger partial charge is 0.316 e. The highest BCUT2D eigenvalue weighted by molar-refractivity contribution is 5.89. The molecule has 0 unspecified atom stereocenters. The van der Waals surface area contributed by atoms with E-state index in [0.29, 0.717) is 11.6 Å². The van der Waals surface area contributed by atoms with E-state index in [4.69, 9.17) is 9.52 Å². The van der Waals surface area contributed by atoms with Crippen LogP contribution in [0.4, 0.5) is 6.01 Å². The Morgan fingerprint density at radius 1 is 0.862 bits per heavy atom. The van der Waals surface area contributed by atoms with Gasteiger partial charge in [-0.15, -0.1) is 0 Å². The van der Waals surface area contributed by atoms with E-state index in [0.717, 1.165) is 28.0 Å². The monoisotopic (exact) mass is 379 g/mol. The number of nitrogens with zero attached hydrogens (tertiary/aromatic N) is 4. The molecule has 5 rings (SSSR count). The van der Waals surface area contributed by atoms with E-state index in [1.165, 1.54) is 0 Å². The molecule has 2 heterocycles. The third-order valence-corrected chi connectivity index (χ3v) is 4.47. The zero-order chi connectivity index (χ0) is 19.5. The molecule has 0 saturated carbocycles. The Labute approximate surface area is 167 Å². The summed E-state index contributed by atoms with van der Waals surface area (Å²) in [5.74, 6) is 0.